The summed E-state index contributed by atoms with van der Waals surface area (Å²) in [5, 5.41) is 5.10. The lowest BCUT2D eigenvalue weighted by Gasteiger charge is -2.23. The summed E-state index contributed by atoms with van der Waals surface area (Å²) in [5.74, 6) is 0.497. The van der Waals surface area contributed by atoms with E-state index in [9.17, 15) is 9.59 Å². The van der Waals surface area contributed by atoms with Gasteiger partial charge in [0.1, 0.15) is 12.4 Å². The second kappa shape index (κ2) is 7.79. The summed E-state index contributed by atoms with van der Waals surface area (Å²) in [5.41, 5.74) is 0. The Hall–Kier alpha value is -2.08. The monoisotopic (exact) mass is 305 g/mol. The summed E-state index contributed by atoms with van der Waals surface area (Å²) in [7, 11) is 1.83. The van der Waals surface area contributed by atoms with Crippen LogP contribution in [0.4, 0.5) is 4.79 Å². The molecule has 22 heavy (non-hydrogen) atoms. The summed E-state index contributed by atoms with van der Waals surface area (Å²) >= 11 is 0. The van der Waals surface area contributed by atoms with Gasteiger partial charge in [-0.2, -0.15) is 0 Å². The van der Waals surface area contributed by atoms with Gasteiger partial charge in [0.05, 0.1) is 6.04 Å². The molecule has 1 aliphatic carbocycles. The Morgan fingerprint density at radius 3 is 2.64 bits per heavy atom. The smallest absolute Gasteiger partial charge is 0.321 e. The molecule has 1 aromatic rings. The van der Waals surface area contributed by atoms with E-state index in [0.29, 0.717) is 13.2 Å². The lowest BCUT2D eigenvalue weighted by Crippen LogP contribution is -2.49. The predicted octanol–water partition coefficient (Wildman–Crippen LogP) is 1.37. The normalized spacial score (nSPS) is 15.2. The number of hydrogen-bond acceptors (Lipinski definition) is 4. The van der Waals surface area contributed by atoms with Gasteiger partial charge in [-0.3, -0.25) is 15.0 Å². The maximum Gasteiger partial charge on any atom is 0.321 e. The highest BCUT2D eigenvalue weighted by molar-refractivity contribution is 5.96. The van der Waals surface area contributed by atoms with Crippen molar-refractivity contribution in [3.8, 4) is 5.75 Å². The summed E-state index contributed by atoms with van der Waals surface area (Å²) in [6.07, 6.45) is 1.99. The number of carbonyl (C=O) groups is 2. The van der Waals surface area contributed by atoms with E-state index in [1.165, 1.54) is 0 Å². The van der Waals surface area contributed by atoms with Gasteiger partial charge in [-0.25, -0.2) is 4.79 Å². The number of ether oxygens (including phenoxy) is 1. The maximum atomic E-state index is 12.0. The molecule has 3 amide bonds. The summed E-state index contributed by atoms with van der Waals surface area (Å²) in [4.78, 5) is 25.4. The summed E-state index contributed by atoms with van der Waals surface area (Å²) < 4.78 is 5.60. The molecule has 0 spiro atoms. The van der Waals surface area contributed by atoms with Crippen LogP contribution in [-0.2, 0) is 4.79 Å². The van der Waals surface area contributed by atoms with Gasteiger partial charge >= 0.3 is 6.03 Å². The molecule has 6 nitrogen and oxygen atoms in total. The quantitative estimate of drug-likeness (QED) is 0.798. The Morgan fingerprint density at radius 1 is 1.32 bits per heavy atom. The molecule has 120 valence electrons. The van der Waals surface area contributed by atoms with Crippen LogP contribution in [0.5, 0.6) is 5.75 Å². The Kier molecular flexibility index (Phi) is 5.77. The number of likely N-dealkylation sites (N-methyl/N-ethyl adjacent to an activating group) is 1. The zero-order valence-electron chi connectivity index (χ0n) is 13.0. The molecule has 1 saturated carbocycles. The third-order valence-electron chi connectivity index (χ3n) is 3.65. The molecule has 6 heteroatoms. The molecular formula is C16H23N3O3. The fraction of sp³-hybridized carbons (Fsp3) is 0.500. The molecular weight excluding hydrogens is 282 g/mol. The van der Waals surface area contributed by atoms with E-state index in [1.807, 2.05) is 42.3 Å². The molecule has 1 atom stereocenters. The first-order valence-corrected chi connectivity index (χ1v) is 7.55. The van der Waals surface area contributed by atoms with Crippen molar-refractivity contribution in [2.24, 2.45) is 0 Å². The zero-order valence-corrected chi connectivity index (χ0v) is 13.0. The Morgan fingerprint density at radius 2 is 2.00 bits per heavy atom. The van der Waals surface area contributed by atoms with E-state index in [1.54, 1.807) is 6.92 Å². The highest BCUT2D eigenvalue weighted by Gasteiger charge is 2.25. The molecule has 0 radical (unpaired) electrons. The summed E-state index contributed by atoms with van der Waals surface area (Å²) in [6, 6.07) is 8.95. The largest absolute Gasteiger partial charge is 0.492 e. The van der Waals surface area contributed by atoms with Crippen LogP contribution in [0, 0.1) is 0 Å². The second-order valence-electron chi connectivity index (χ2n) is 5.56. The van der Waals surface area contributed by atoms with Crippen molar-refractivity contribution in [2.45, 2.75) is 31.8 Å². The molecule has 0 heterocycles. The Bertz CT molecular complexity index is 503. The van der Waals surface area contributed by atoms with E-state index >= 15 is 0 Å². The van der Waals surface area contributed by atoms with Gasteiger partial charge in [0.2, 0.25) is 5.91 Å². The van der Waals surface area contributed by atoms with E-state index in [0.717, 1.165) is 18.6 Å². The maximum absolute atomic E-state index is 12.0. The number of carbonyl (C=O) groups excluding carboxylic acids is 2. The highest BCUT2D eigenvalue weighted by Crippen LogP contribution is 2.18. The molecule has 1 aromatic carbocycles. The lowest BCUT2D eigenvalue weighted by atomic mass is 10.3. The number of para-hydroxylation sites is 1. The first-order valence-electron chi connectivity index (χ1n) is 7.55. The molecule has 0 aromatic heterocycles. The fourth-order valence-corrected chi connectivity index (χ4v) is 1.88. The van der Waals surface area contributed by atoms with Crippen molar-refractivity contribution in [1.29, 1.82) is 0 Å². The second-order valence-corrected chi connectivity index (χ2v) is 5.56. The van der Waals surface area contributed by atoms with E-state index < -0.39 is 12.1 Å². The standard InChI is InChI=1S/C16H23N3O3/c1-12(15(20)18-16(21)17-13-8-9-13)19(2)10-11-22-14-6-4-3-5-7-14/h3-7,12-13H,8-11H2,1-2H3,(H2,17,18,20,21)/t12-/m0/s1. The van der Waals surface area contributed by atoms with Crippen LogP contribution in [0.2, 0.25) is 0 Å². The SMILES string of the molecule is C[C@@H](C(=O)NC(=O)NC1CC1)N(C)CCOc1ccccc1. The number of amides is 3. The third kappa shape index (κ3) is 5.37. The van der Waals surface area contributed by atoms with Crippen molar-refractivity contribution in [3.05, 3.63) is 30.3 Å². The number of hydrogen-bond donors (Lipinski definition) is 2. The van der Waals surface area contributed by atoms with Gasteiger partial charge in [-0.05, 0) is 38.9 Å². The van der Waals surface area contributed by atoms with Crippen LogP contribution in [0.15, 0.2) is 30.3 Å². The lowest BCUT2D eigenvalue weighted by molar-refractivity contribution is -0.124. The molecule has 1 fully saturated rings. The molecule has 0 saturated heterocycles. The van der Waals surface area contributed by atoms with Crippen molar-refractivity contribution < 1.29 is 14.3 Å². The number of nitrogens with zero attached hydrogens (tertiary/aromatic N) is 1. The number of benzene rings is 1. The minimum absolute atomic E-state index is 0.236. The van der Waals surface area contributed by atoms with E-state index in [-0.39, 0.29) is 11.9 Å². The van der Waals surface area contributed by atoms with Crippen molar-refractivity contribution in [2.75, 3.05) is 20.2 Å². The van der Waals surface area contributed by atoms with Crippen molar-refractivity contribution in [3.63, 3.8) is 0 Å². The van der Waals surface area contributed by atoms with Crippen molar-refractivity contribution >= 4 is 11.9 Å². The van der Waals surface area contributed by atoms with Gasteiger partial charge in [0.25, 0.3) is 0 Å². The molecule has 0 aliphatic heterocycles. The van der Waals surface area contributed by atoms with Gasteiger partial charge in [-0.15, -0.1) is 0 Å². The fourth-order valence-electron chi connectivity index (χ4n) is 1.88. The van der Waals surface area contributed by atoms with Crippen molar-refractivity contribution in [1.82, 2.24) is 15.5 Å². The molecule has 1 aliphatic rings. The number of imide groups is 1. The van der Waals surface area contributed by atoms with Gasteiger partial charge in [0, 0.05) is 12.6 Å². The number of urea groups is 1. The minimum Gasteiger partial charge on any atom is -0.492 e. The topological polar surface area (TPSA) is 70.7 Å². The third-order valence-corrected chi connectivity index (χ3v) is 3.65. The van der Waals surface area contributed by atoms with Gasteiger partial charge < -0.3 is 10.1 Å². The minimum atomic E-state index is -0.409. The van der Waals surface area contributed by atoms with Crippen LogP contribution in [0.1, 0.15) is 19.8 Å². The summed E-state index contributed by atoms with van der Waals surface area (Å²) in [6.45, 7) is 2.84. The van der Waals surface area contributed by atoms with Crippen LogP contribution in [0.25, 0.3) is 0 Å². The molecule has 2 N–H and O–H groups in total. The Labute approximate surface area is 130 Å². The molecule has 2 rings (SSSR count). The first kappa shape index (κ1) is 16.3. The van der Waals surface area contributed by atoms with Crippen LogP contribution < -0.4 is 15.4 Å². The molecule has 0 bridgehead atoms. The zero-order chi connectivity index (χ0) is 15.9. The first-order chi connectivity index (χ1) is 10.6. The van der Waals surface area contributed by atoms with Gasteiger partial charge in [-0.1, -0.05) is 18.2 Å². The van der Waals surface area contributed by atoms with Gasteiger partial charge in [0.15, 0.2) is 0 Å². The highest BCUT2D eigenvalue weighted by atomic mass is 16.5. The van der Waals surface area contributed by atoms with Crippen LogP contribution in [0.3, 0.4) is 0 Å². The Balaban J connectivity index is 1.67. The molecule has 0 unspecified atom stereocenters. The number of rotatable bonds is 7. The average molecular weight is 305 g/mol. The van der Waals surface area contributed by atoms with Crippen LogP contribution in [-0.4, -0.2) is 49.1 Å². The predicted molar refractivity (Wildman–Crippen MR) is 83.7 cm³/mol. The van der Waals surface area contributed by atoms with E-state index in [4.69, 9.17) is 4.74 Å². The average Bonchev–Trinajstić information content (AvgIpc) is 3.31. The number of nitrogens with one attached hydrogen (secondary N) is 2. The van der Waals surface area contributed by atoms with Crippen LogP contribution >= 0.6 is 0 Å². The van der Waals surface area contributed by atoms with E-state index in [2.05, 4.69) is 10.6 Å².